The Labute approximate surface area is 215 Å². The van der Waals surface area contributed by atoms with Gasteiger partial charge in [-0.3, -0.25) is 14.7 Å². The second-order valence-electron chi connectivity index (χ2n) is 8.77. The molecule has 3 aromatic rings. The van der Waals surface area contributed by atoms with Crippen LogP contribution in [-0.2, 0) is 17.6 Å². The van der Waals surface area contributed by atoms with Crippen molar-refractivity contribution in [1.29, 1.82) is 0 Å². The summed E-state index contributed by atoms with van der Waals surface area (Å²) in [5.41, 5.74) is 3.34. The molecule has 2 amide bonds. The van der Waals surface area contributed by atoms with E-state index in [9.17, 15) is 14.7 Å². The summed E-state index contributed by atoms with van der Waals surface area (Å²) in [7, 11) is 3.22. The average molecular weight is 506 g/mol. The number of aryl methyl sites for hydroxylation is 2. The normalized spacial score (nSPS) is 14.8. The Balaban J connectivity index is 1.45. The van der Waals surface area contributed by atoms with E-state index in [-0.39, 0.29) is 5.56 Å². The maximum Gasteiger partial charge on any atom is 0.258 e. The maximum absolute atomic E-state index is 13.1. The van der Waals surface area contributed by atoms with Gasteiger partial charge in [-0.2, -0.15) is 5.10 Å². The zero-order valence-electron chi connectivity index (χ0n) is 20.9. The SMILES string of the molecule is C=CC(=O)Nc1cc(N2CCC(O)C2)ccc1C(=O)Nc1cc(CCc2cc(OC)cc(OC)c2)[nH]n1. The number of carbonyl (C=O) groups is 2. The number of anilines is 3. The molecule has 1 aromatic heterocycles. The molecule has 10 nitrogen and oxygen atoms in total. The van der Waals surface area contributed by atoms with Gasteiger partial charge in [-0.1, -0.05) is 6.58 Å². The molecular formula is C27H31N5O5. The quantitative estimate of drug-likeness (QED) is 0.312. The van der Waals surface area contributed by atoms with E-state index in [1.165, 1.54) is 0 Å². The minimum absolute atomic E-state index is 0.284. The monoisotopic (exact) mass is 505 g/mol. The Morgan fingerprint density at radius 1 is 1.14 bits per heavy atom. The summed E-state index contributed by atoms with van der Waals surface area (Å²) in [6, 6.07) is 12.7. The van der Waals surface area contributed by atoms with E-state index in [2.05, 4.69) is 27.4 Å². The highest BCUT2D eigenvalue weighted by molar-refractivity contribution is 6.11. The van der Waals surface area contributed by atoms with Crippen molar-refractivity contribution in [3.05, 3.63) is 71.9 Å². The number of amides is 2. The number of nitrogens with zero attached hydrogens (tertiary/aromatic N) is 2. The summed E-state index contributed by atoms with van der Waals surface area (Å²) >= 11 is 0. The standard InChI is InChI=1S/C27H31N5O5/c1-4-26(34)28-24-14-19(32-10-9-20(33)16-32)7-8-23(24)27(35)29-25-13-18(30-31-25)6-5-17-11-21(36-2)15-22(12-17)37-3/h4,7-8,11-15,20,33H,1,5-6,9-10,16H2,2-3H3,(H,28,34)(H2,29,30,31,35). The summed E-state index contributed by atoms with van der Waals surface area (Å²) in [6.45, 7) is 4.68. The molecule has 1 saturated heterocycles. The number of rotatable bonds is 10. The predicted molar refractivity (Wildman–Crippen MR) is 142 cm³/mol. The highest BCUT2D eigenvalue weighted by atomic mass is 16.5. The van der Waals surface area contributed by atoms with Crippen molar-refractivity contribution in [2.45, 2.75) is 25.4 Å². The first-order valence-electron chi connectivity index (χ1n) is 12.0. The molecule has 0 spiro atoms. The molecular weight excluding hydrogens is 474 g/mol. The number of hydrogen-bond donors (Lipinski definition) is 4. The zero-order chi connectivity index (χ0) is 26.4. The van der Waals surface area contributed by atoms with Crippen LogP contribution in [0.2, 0.25) is 0 Å². The van der Waals surface area contributed by atoms with Crippen LogP contribution in [-0.4, -0.2) is 60.5 Å². The molecule has 1 aliphatic rings. The van der Waals surface area contributed by atoms with Gasteiger partial charge in [-0.25, -0.2) is 0 Å². The molecule has 0 bridgehead atoms. The minimum Gasteiger partial charge on any atom is -0.497 e. The molecule has 0 radical (unpaired) electrons. The van der Waals surface area contributed by atoms with E-state index < -0.39 is 17.9 Å². The fraction of sp³-hybridized carbons (Fsp3) is 0.296. The van der Waals surface area contributed by atoms with Crippen molar-refractivity contribution in [1.82, 2.24) is 10.2 Å². The van der Waals surface area contributed by atoms with Crippen LogP contribution < -0.4 is 25.0 Å². The van der Waals surface area contributed by atoms with Gasteiger partial charge in [0.1, 0.15) is 11.5 Å². The largest absolute Gasteiger partial charge is 0.497 e. The summed E-state index contributed by atoms with van der Waals surface area (Å²) in [6.07, 6.45) is 2.80. The molecule has 1 aliphatic heterocycles. The third-order valence-corrected chi connectivity index (χ3v) is 6.19. The van der Waals surface area contributed by atoms with Gasteiger partial charge in [0.25, 0.3) is 5.91 Å². The van der Waals surface area contributed by atoms with Crippen molar-refractivity contribution in [3.63, 3.8) is 0 Å². The number of aliphatic hydroxyl groups excluding tert-OH is 1. The predicted octanol–water partition coefficient (Wildman–Crippen LogP) is 3.16. The highest BCUT2D eigenvalue weighted by Gasteiger charge is 2.22. The molecule has 2 aromatic carbocycles. The van der Waals surface area contributed by atoms with Crippen LogP contribution in [0.15, 0.2) is 55.1 Å². The van der Waals surface area contributed by atoms with Crippen molar-refractivity contribution in [2.75, 3.05) is 42.8 Å². The molecule has 1 unspecified atom stereocenters. The van der Waals surface area contributed by atoms with Crippen molar-refractivity contribution in [3.8, 4) is 11.5 Å². The fourth-order valence-electron chi connectivity index (χ4n) is 4.22. The van der Waals surface area contributed by atoms with E-state index in [0.717, 1.165) is 34.5 Å². The number of aromatic amines is 1. The third-order valence-electron chi connectivity index (χ3n) is 6.19. The number of aromatic nitrogens is 2. The van der Waals surface area contributed by atoms with E-state index in [1.807, 2.05) is 23.1 Å². The van der Waals surface area contributed by atoms with Crippen LogP contribution in [0, 0.1) is 0 Å². The lowest BCUT2D eigenvalue weighted by molar-refractivity contribution is -0.111. The second kappa shape index (κ2) is 11.6. The Morgan fingerprint density at radius 3 is 2.54 bits per heavy atom. The summed E-state index contributed by atoms with van der Waals surface area (Å²) in [5, 5.41) is 22.5. The minimum atomic E-state index is -0.427. The van der Waals surface area contributed by atoms with E-state index in [4.69, 9.17) is 9.47 Å². The molecule has 2 heterocycles. The summed E-state index contributed by atoms with van der Waals surface area (Å²) in [5.74, 6) is 0.971. The molecule has 4 N–H and O–H groups in total. The zero-order valence-corrected chi connectivity index (χ0v) is 20.9. The first-order valence-corrected chi connectivity index (χ1v) is 12.0. The van der Waals surface area contributed by atoms with E-state index in [0.29, 0.717) is 43.9 Å². The van der Waals surface area contributed by atoms with Gasteiger partial charge in [0.2, 0.25) is 5.91 Å². The molecule has 1 atom stereocenters. The van der Waals surface area contributed by atoms with Gasteiger partial charge in [-0.15, -0.1) is 0 Å². The Morgan fingerprint density at radius 2 is 1.89 bits per heavy atom. The third kappa shape index (κ3) is 6.47. The molecule has 0 saturated carbocycles. The number of nitrogens with one attached hydrogen (secondary N) is 3. The second-order valence-corrected chi connectivity index (χ2v) is 8.77. The maximum atomic E-state index is 13.1. The first-order chi connectivity index (χ1) is 17.9. The molecule has 37 heavy (non-hydrogen) atoms. The molecule has 4 rings (SSSR count). The van der Waals surface area contributed by atoms with Crippen LogP contribution in [0.3, 0.4) is 0 Å². The molecule has 0 aliphatic carbocycles. The van der Waals surface area contributed by atoms with Crippen LogP contribution >= 0.6 is 0 Å². The number of carbonyl (C=O) groups excluding carboxylic acids is 2. The summed E-state index contributed by atoms with van der Waals surface area (Å²) in [4.78, 5) is 27.1. The summed E-state index contributed by atoms with van der Waals surface area (Å²) < 4.78 is 10.7. The Kier molecular flexibility index (Phi) is 8.09. The smallest absolute Gasteiger partial charge is 0.258 e. The van der Waals surface area contributed by atoms with Gasteiger partial charge in [0, 0.05) is 36.6 Å². The van der Waals surface area contributed by atoms with Crippen LogP contribution in [0.4, 0.5) is 17.2 Å². The molecule has 1 fully saturated rings. The van der Waals surface area contributed by atoms with Gasteiger partial charge in [0.15, 0.2) is 5.82 Å². The van der Waals surface area contributed by atoms with Crippen molar-refractivity contribution in [2.24, 2.45) is 0 Å². The first kappa shape index (κ1) is 25.8. The Hall–Kier alpha value is -4.31. The Bertz CT molecular complexity index is 1270. The molecule has 194 valence electrons. The van der Waals surface area contributed by atoms with Crippen LogP contribution in [0.1, 0.15) is 28.0 Å². The van der Waals surface area contributed by atoms with E-state index in [1.54, 1.807) is 38.5 Å². The number of hydrogen-bond acceptors (Lipinski definition) is 7. The highest BCUT2D eigenvalue weighted by Crippen LogP contribution is 2.28. The number of ether oxygens (including phenoxy) is 2. The van der Waals surface area contributed by atoms with Crippen molar-refractivity contribution >= 4 is 29.0 Å². The number of methoxy groups -OCH3 is 2. The van der Waals surface area contributed by atoms with E-state index >= 15 is 0 Å². The lowest BCUT2D eigenvalue weighted by Crippen LogP contribution is -2.22. The lowest BCUT2D eigenvalue weighted by Gasteiger charge is -2.20. The number of aliphatic hydroxyl groups is 1. The fourth-order valence-corrected chi connectivity index (χ4v) is 4.22. The van der Waals surface area contributed by atoms with Crippen LogP contribution in [0.5, 0.6) is 11.5 Å². The van der Waals surface area contributed by atoms with Gasteiger partial charge in [-0.05, 0) is 61.2 Å². The van der Waals surface area contributed by atoms with Gasteiger partial charge >= 0.3 is 0 Å². The molecule has 10 heteroatoms. The van der Waals surface area contributed by atoms with Gasteiger partial charge in [0.05, 0.1) is 31.6 Å². The van der Waals surface area contributed by atoms with Crippen molar-refractivity contribution < 1.29 is 24.2 Å². The number of β-amino-alcohol motifs (C(OH)–C–C–N with tert-alkyl or cyclic N) is 1. The van der Waals surface area contributed by atoms with Gasteiger partial charge < -0.3 is 30.1 Å². The lowest BCUT2D eigenvalue weighted by atomic mass is 10.1. The number of benzene rings is 2. The topological polar surface area (TPSA) is 129 Å². The number of H-pyrrole nitrogens is 1. The van der Waals surface area contributed by atoms with Crippen LogP contribution in [0.25, 0.3) is 0 Å². The average Bonchev–Trinajstić information content (AvgIpc) is 3.55.